The van der Waals surface area contributed by atoms with Crippen molar-refractivity contribution in [3.8, 4) is 0 Å². The lowest BCUT2D eigenvalue weighted by molar-refractivity contribution is -0.117. The van der Waals surface area contributed by atoms with Crippen molar-refractivity contribution in [2.45, 2.75) is 6.42 Å². The molecule has 0 aromatic heterocycles. The van der Waals surface area contributed by atoms with Crippen molar-refractivity contribution in [1.82, 2.24) is 0 Å². The molecule has 1 aliphatic heterocycles. The molecule has 0 bridgehead atoms. The number of nitrogens with zero attached hydrogens (tertiary/aromatic N) is 1. The van der Waals surface area contributed by atoms with E-state index in [0.29, 0.717) is 0 Å². The third kappa shape index (κ3) is 3.03. The fourth-order valence-electron chi connectivity index (χ4n) is 2.03. The summed E-state index contributed by atoms with van der Waals surface area (Å²) in [5.74, 6) is -1.20. The van der Waals surface area contributed by atoms with E-state index in [4.69, 9.17) is 0 Å². The lowest BCUT2D eigenvalue weighted by Crippen LogP contribution is -2.25. The quantitative estimate of drug-likeness (QED) is 0.768. The van der Waals surface area contributed by atoms with E-state index in [-0.39, 0.29) is 18.9 Å². The van der Waals surface area contributed by atoms with Crippen LogP contribution < -0.4 is 4.90 Å². The molecule has 92 valence electrons. The van der Waals surface area contributed by atoms with Gasteiger partial charge in [0, 0.05) is 24.6 Å². The lowest BCUT2D eigenvalue weighted by atomic mass is 10.1. The van der Waals surface area contributed by atoms with E-state index in [1.54, 1.807) is 24.3 Å². The molecule has 2 rings (SSSR count). The Balaban J connectivity index is 2.11. The number of anilines is 1. The number of para-hydroxylation sites is 1. The van der Waals surface area contributed by atoms with E-state index in [2.05, 4.69) is 0 Å². The van der Waals surface area contributed by atoms with Crippen molar-refractivity contribution in [2.75, 3.05) is 17.2 Å². The van der Waals surface area contributed by atoms with Gasteiger partial charge in [0.05, 0.1) is 5.75 Å². The van der Waals surface area contributed by atoms with Crippen molar-refractivity contribution in [1.29, 1.82) is 0 Å². The lowest BCUT2D eigenvalue weighted by Gasteiger charge is -2.16. The molecule has 1 fully saturated rings. The third-order valence-electron chi connectivity index (χ3n) is 2.71. The fourth-order valence-corrected chi connectivity index (χ4v) is 2.82. The van der Waals surface area contributed by atoms with Crippen molar-refractivity contribution in [3.05, 3.63) is 30.3 Å². The first-order valence-electron chi connectivity index (χ1n) is 5.23. The summed E-state index contributed by atoms with van der Waals surface area (Å²) >= 11 is 0. The number of carbonyl (C=O) groups is 1. The Hall–Kier alpha value is -1.43. The largest absolute Gasteiger partial charge is 0.312 e. The molecule has 0 radical (unpaired) electrons. The Morgan fingerprint density at radius 1 is 1.29 bits per heavy atom. The Morgan fingerprint density at radius 3 is 2.53 bits per heavy atom. The molecule has 1 aromatic carbocycles. The molecular formula is C11H12FNO3S. The van der Waals surface area contributed by atoms with Crippen LogP contribution >= 0.6 is 0 Å². The van der Waals surface area contributed by atoms with Crippen molar-refractivity contribution in [2.24, 2.45) is 5.92 Å². The SMILES string of the molecule is O=C1CC(CS(=O)(=O)F)CN1c1ccccc1. The minimum Gasteiger partial charge on any atom is -0.312 e. The highest BCUT2D eigenvalue weighted by Gasteiger charge is 2.33. The van der Waals surface area contributed by atoms with Crippen molar-refractivity contribution >= 4 is 21.8 Å². The zero-order valence-corrected chi connectivity index (χ0v) is 9.86. The summed E-state index contributed by atoms with van der Waals surface area (Å²) in [6.07, 6.45) is 0.0814. The Morgan fingerprint density at radius 2 is 1.94 bits per heavy atom. The smallest absolute Gasteiger partial charge is 0.302 e. The molecule has 0 spiro atoms. The number of amides is 1. The molecule has 1 amide bonds. The summed E-state index contributed by atoms with van der Waals surface area (Å²) in [5, 5.41) is 0. The topological polar surface area (TPSA) is 54.5 Å². The van der Waals surface area contributed by atoms with Crippen LogP contribution in [0.15, 0.2) is 30.3 Å². The van der Waals surface area contributed by atoms with Gasteiger partial charge in [0.2, 0.25) is 5.91 Å². The van der Waals surface area contributed by atoms with Gasteiger partial charge in [0.1, 0.15) is 0 Å². The molecule has 1 atom stereocenters. The van der Waals surface area contributed by atoms with E-state index in [9.17, 15) is 17.1 Å². The number of rotatable bonds is 3. The summed E-state index contributed by atoms with van der Waals surface area (Å²) in [5.41, 5.74) is 0.719. The van der Waals surface area contributed by atoms with Gasteiger partial charge in [-0.1, -0.05) is 18.2 Å². The zero-order valence-electron chi connectivity index (χ0n) is 9.04. The van der Waals surface area contributed by atoms with Gasteiger partial charge in [0.15, 0.2) is 0 Å². The maximum absolute atomic E-state index is 12.5. The van der Waals surface area contributed by atoms with Crippen LogP contribution in [0.5, 0.6) is 0 Å². The van der Waals surface area contributed by atoms with E-state index < -0.39 is 21.9 Å². The molecule has 1 heterocycles. The van der Waals surface area contributed by atoms with Crippen LogP contribution in [0.4, 0.5) is 9.57 Å². The Kier molecular flexibility index (Phi) is 3.15. The predicted molar refractivity (Wildman–Crippen MR) is 61.8 cm³/mol. The summed E-state index contributed by atoms with van der Waals surface area (Å²) in [4.78, 5) is 13.2. The van der Waals surface area contributed by atoms with Crippen LogP contribution in [0.3, 0.4) is 0 Å². The van der Waals surface area contributed by atoms with Gasteiger partial charge >= 0.3 is 10.2 Å². The second kappa shape index (κ2) is 4.44. The van der Waals surface area contributed by atoms with Crippen LogP contribution in [0.1, 0.15) is 6.42 Å². The molecule has 4 nitrogen and oxygen atoms in total. The van der Waals surface area contributed by atoms with Gasteiger partial charge in [0.25, 0.3) is 0 Å². The normalized spacial score (nSPS) is 20.9. The third-order valence-corrected chi connectivity index (χ3v) is 3.58. The average Bonchev–Trinajstić information content (AvgIpc) is 2.58. The Labute approximate surface area is 99.3 Å². The highest BCUT2D eigenvalue weighted by atomic mass is 32.3. The van der Waals surface area contributed by atoms with E-state index in [1.165, 1.54) is 4.90 Å². The highest BCUT2D eigenvalue weighted by molar-refractivity contribution is 7.86. The molecule has 1 saturated heterocycles. The van der Waals surface area contributed by atoms with E-state index in [0.717, 1.165) is 5.69 Å². The van der Waals surface area contributed by atoms with Crippen LogP contribution in [-0.2, 0) is 15.0 Å². The maximum Gasteiger partial charge on any atom is 0.302 e. The van der Waals surface area contributed by atoms with Crippen molar-refractivity contribution < 1.29 is 17.1 Å². The number of carbonyl (C=O) groups excluding carboxylic acids is 1. The zero-order chi connectivity index (χ0) is 12.5. The van der Waals surface area contributed by atoms with Gasteiger partial charge in [-0.3, -0.25) is 4.79 Å². The average molecular weight is 257 g/mol. The predicted octanol–water partition coefficient (Wildman–Crippen LogP) is 1.34. The van der Waals surface area contributed by atoms with E-state index in [1.807, 2.05) is 6.07 Å². The molecule has 0 saturated carbocycles. The first-order chi connectivity index (χ1) is 7.96. The number of benzene rings is 1. The molecule has 17 heavy (non-hydrogen) atoms. The molecule has 1 aromatic rings. The van der Waals surface area contributed by atoms with Gasteiger partial charge < -0.3 is 4.90 Å². The minimum atomic E-state index is -4.52. The summed E-state index contributed by atoms with van der Waals surface area (Å²) in [7, 11) is -4.52. The van der Waals surface area contributed by atoms with Crippen LogP contribution in [0, 0.1) is 5.92 Å². The molecule has 0 aliphatic carbocycles. The molecule has 6 heteroatoms. The van der Waals surface area contributed by atoms with Crippen LogP contribution in [0.25, 0.3) is 0 Å². The molecule has 1 aliphatic rings. The second-order valence-corrected chi connectivity index (χ2v) is 5.53. The number of hydrogen-bond acceptors (Lipinski definition) is 3. The Bertz CT molecular complexity index is 515. The standard InChI is InChI=1S/C11H12FNO3S/c12-17(15,16)8-9-6-11(14)13(7-9)10-4-2-1-3-5-10/h1-5,9H,6-8H2. The summed E-state index contributed by atoms with van der Waals surface area (Å²) < 4.78 is 33.6. The first-order valence-corrected chi connectivity index (χ1v) is 6.79. The second-order valence-electron chi connectivity index (χ2n) is 4.12. The summed E-state index contributed by atoms with van der Waals surface area (Å²) in [6.45, 7) is 0.256. The molecule has 0 N–H and O–H groups in total. The van der Waals surface area contributed by atoms with Crippen LogP contribution in [0.2, 0.25) is 0 Å². The fraction of sp³-hybridized carbons (Fsp3) is 0.364. The maximum atomic E-state index is 12.5. The van der Waals surface area contributed by atoms with Gasteiger partial charge in [-0.15, -0.1) is 3.89 Å². The van der Waals surface area contributed by atoms with Crippen LogP contribution in [-0.4, -0.2) is 26.6 Å². The van der Waals surface area contributed by atoms with Crippen molar-refractivity contribution in [3.63, 3.8) is 0 Å². The number of hydrogen-bond donors (Lipinski definition) is 0. The van der Waals surface area contributed by atoms with Gasteiger partial charge in [-0.05, 0) is 12.1 Å². The summed E-state index contributed by atoms with van der Waals surface area (Å²) in [6, 6.07) is 8.95. The highest BCUT2D eigenvalue weighted by Crippen LogP contribution is 2.25. The minimum absolute atomic E-state index is 0.0814. The first kappa shape index (κ1) is 12.0. The van der Waals surface area contributed by atoms with Gasteiger partial charge in [-0.25, -0.2) is 0 Å². The molecule has 1 unspecified atom stereocenters. The van der Waals surface area contributed by atoms with Gasteiger partial charge in [-0.2, -0.15) is 8.42 Å². The number of halogens is 1. The monoisotopic (exact) mass is 257 g/mol. The molecular weight excluding hydrogens is 245 g/mol. The van der Waals surface area contributed by atoms with E-state index >= 15 is 0 Å².